The summed E-state index contributed by atoms with van der Waals surface area (Å²) in [4.78, 5) is 2.20. The molecule has 192 valence electrons. The molecule has 0 atom stereocenters. The fraction of sp³-hybridized carbons (Fsp3) is 0. The average molecular weight is 523 g/mol. The zero-order chi connectivity index (χ0) is 27.6. The van der Waals surface area contributed by atoms with Gasteiger partial charge < -0.3 is 4.90 Å². The average Bonchev–Trinajstić information content (AvgIpc) is 3.05. The maximum Gasteiger partial charge on any atom is 0.102 e. The van der Waals surface area contributed by atoms with E-state index in [-0.39, 0.29) is 0 Å². The van der Waals surface area contributed by atoms with Crippen molar-refractivity contribution in [1.82, 2.24) is 0 Å². The van der Waals surface area contributed by atoms with Crippen LogP contribution in [-0.2, 0) is 0 Å². The van der Waals surface area contributed by atoms with E-state index in [9.17, 15) is 5.26 Å². The van der Waals surface area contributed by atoms with Crippen molar-refractivity contribution in [2.45, 2.75) is 0 Å². The van der Waals surface area contributed by atoms with Gasteiger partial charge in [0.2, 0.25) is 0 Å². The number of benzene rings is 7. The molecule has 7 aromatic carbocycles. The van der Waals surface area contributed by atoms with Gasteiger partial charge in [0.1, 0.15) is 6.07 Å². The molecule has 0 aliphatic rings. The van der Waals surface area contributed by atoms with E-state index in [0.717, 1.165) is 49.7 Å². The molecule has 0 aliphatic carbocycles. The molecule has 7 aromatic rings. The molecule has 0 amide bonds. The highest BCUT2D eigenvalue weighted by Crippen LogP contribution is 2.44. The summed E-state index contributed by atoms with van der Waals surface area (Å²) >= 11 is 0. The molecule has 2 heteroatoms. The van der Waals surface area contributed by atoms with Gasteiger partial charge in [-0.3, -0.25) is 0 Å². The van der Waals surface area contributed by atoms with Crippen LogP contribution in [0, 0.1) is 11.3 Å². The Kier molecular flexibility index (Phi) is 6.24. The maximum atomic E-state index is 10.6. The van der Waals surface area contributed by atoms with E-state index >= 15 is 0 Å². The van der Waals surface area contributed by atoms with Crippen LogP contribution in [0.1, 0.15) is 16.7 Å². The first kappa shape index (κ1) is 24.4. The predicted octanol–water partition coefficient (Wildman–Crippen LogP) is 10.7. The lowest BCUT2D eigenvalue weighted by atomic mass is 9.92. The van der Waals surface area contributed by atoms with Crippen molar-refractivity contribution >= 4 is 61.5 Å². The van der Waals surface area contributed by atoms with Gasteiger partial charge in [-0.15, -0.1) is 0 Å². The SMILES string of the molecule is N#Cc1c(N(c2ccccc2)c2ccccc2)c2ccccc2c2cc(C=Cc3ccc4ccccc4c3)ccc12. The number of nitriles is 1. The standard InChI is InChI=1S/C39H26N2/c40-27-38-35-24-22-29(20-19-28-21-23-30-11-7-8-12-31(30)25-28)26-37(35)34-17-9-10-18-36(34)39(38)41(32-13-3-1-4-14-32)33-15-5-2-6-16-33/h1-26H. The lowest BCUT2D eigenvalue weighted by molar-refractivity contribution is 1.29. The Hall–Kier alpha value is -5.65. The number of hydrogen-bond acceptors (Lipinski definition) is 2. The summed E-state index contributed by atoms with van der Waals surface area (Å²) in [6.07, 6.45) is 4.31. The topological polar surface area (TPSA) is 27.0 Å². The molecule has 0 unspecified atom stereocenters. The molecule has 41 heavy (non-hydrogen) atoms. The second kappa shape index (κ2) is 10.5. The Morgan fingerprint density at radius 2 is 1.02 bits per heavy atom. The highest BCUT2D eigenvalue weighted by Gasteiger charge is 2.22. The largest absolute Gasteiger partial charge is 0.309 e. The van der Waals surface area contributed by atoms with Gasteiger partial charge in [0, 0.05) is 22.1 Å². The summed E-state index contributed by atoms with van der Waals surface area (Å²) in [7, 11) is 0. The second-order valence-electron chi connectivity index (χ2n) is 10.1. The number of para-hydroxylation sites is 2. The van der Waals surface area contributed by atoms with E-state index < -0.39 is 0 Å². The van der Waals surface area contributed by atoms with Gasteiger partial charge in [-0.2, -0.15) is 5.26 Å². The molecule has 0 aliphatic heterocycles. The van der Waals surface area contributed by atoms with Gasteiger partial charge in [0.15, 0.2) is 0 Å². The minimum atomic E-state index is 0.663. The number of nitrogens with zero attached hydrogens (tertiary/aromatic N) is 2. The molecule has 0 fully saturated rings. The lowest BCUT2D eigenvalue weighted by Gasteiger charge is -2.28. The molecule has 0 radical (unpaired) electrons. The minimum absolute atomic E-state index is 0.663. The van der Waals surface area contributed by atoms with Crippen LogP contribution in [0.4, 0.5) is 17.1 Å². The number of rotatable bonds is 5. The van der Waals surface area contributed by atoms with E-state index in [1.54, 1.807) is 0 Å². The van der Waals surface area contributed by atoms with Crippen LogP contribution >= 0.6 is 0 Å². The molecule has 2 nitrogen and oxygen atoms in total. The van der Waals surface area contributed by atoms with Gasteiger partial charge >= 0.3 is 0 Å². The third-order valence-electron chi connectivity index (χ3n) is 7.63. The Labute approximate surface area is 239 Å². The molecular weight excluding hydrogens is 496 g/mol. The summed E-state index contributed by atoms with van der Waals surface area (Å²) < 4.78 is 0. The van der Waals surface area contributed by atoms with Gasteiger partial charge in [-0.1, -0.05) is 121 Å². The van der Waals surface area contributed by atoms with E-state index in [1.165, 1.54) is 10.8 Å². The summed E-state index contributed by atoms with van der Waals surface area (Å²) in [6, 6.07) is 52.9. The maximum absolute atomic E-state index is 10.6. The summed E-state index contributed by atoms with van der Waals surface area (Å²) in [6.45, 7) is 0. The van der Waals surface area contributed by atoms with Crippen LogP contribution in [0.25, 0.3) is 44.5 Å². The minimum Gasteiger partial charge on any atom is -0.309 e. The molecule has 0 saturated carbocycles. The van der Waals surface area contributed by atoms with Crippen LogP contribution in [0.15, 0.2) is 146 Å². The van der Waals surface area contributed by atoms with Crippen molar-refractivity contribution < 1.29 is 0 Å². The van der Waals surface area contributed by atoms with Gasteiger partial charge in [0.25, 0.3) is 0 Å². The van der Waals surface area contributed by atoms with E-state index in [2.05, 4.69) is 132 Å². The lowest BCUT2D eigenvalue weighted by Crippen LogP contribution is -2.12. The molecular formula is C39H26N2. The van der Waals surface area contributed by atoms with Crippen LogP contribution in [0.5, 0.6) is 0 Å². The highest BCUT2D eigenvalue weighted by atomic mass is 15.1. The van der Waals surface area contributed by atoms with Gasteiger partial charge in [0.05, 0.1) is 11.3 Å². The Morgan fingerprint density at radius 3 is 1.71 bits per heavy atom. The zero-order valence-corrected chi connectivity index (χ0v) is 22.4. The first-order valence-electron chi connectivity index (χ1n) is 13.8. The van der Waals surface area contributed by atoms with Crippen molar-refractivity contribution in [2.24, 2.45) is 0 Å². The fourth-order valence-electron chi connectivity index (χ4n) is 5.70. The van der Waals surface area contributed by atoms with E-state index in [0.29, 0.717) is 5.56 Å². The van der Waals surface area contributed by atoms with Gasteiger partial charge in [-0.25, -0.2) is 0 Å². The van der Waals surface area contributed by atoms with Crippen molar-refractivity contribution in [3.05, 3.63) is 162 Å². The van der Waals surface area contributed by atoms with Crippen molar-refractivity contribution in [3.8, 4) is 6.07 Å². The first-order valence-corrected chi connectivity index (χ1v) is 13.8. The quantitative estimate of drug-likeness (QED) is 0.166. The summed E-state index contributed by atoms with van der Waals surface area (Å²) in [5, 5.41) is 17.3. The summed E-state index contributed by atoms with van der Waals surface area (Å²) in [5.41, 5.74) is 5.83. The molecule has 0 N–H and O–H groups in total. The van der Waals surface area contributed by atoms with Crippen LogP contribution in [-0.4, -0.2) is 0 Å². The number of hydrogen-bond donors (Lipinski definition) is 0. The first-order chi connectivity index (χ1) is 20.3. The van der Waals surface area contributed by atoms with Crippen molar-refractivity contribution in [3.63, 3.8) is 0 Å². The van der Waals surface area contributed by atoms with Crippen molar-refractivity contribution in [1.29, 1.82) is 5.26 Å². The molecule has 0 bridgehead atoms. The molecule has 7 rings (SSSR count). The zero-order valence-electron chi connectivity index (χ0n) is 22.4. The van der Waals surface area contributed by atoms with Crippen LogP contribution < -0.4 is 4.90 Å². The molecule has 0 heterocycles. The normalized spacial score (nSPS) is 11.3. The smallest absolute Gasteiger partial charge is 0.102 e. The Balaban J connectivity index is 1.42. The fourth-order valence-corrected chi connectivity index (χ4v) is 5.70. The van der Waals surface area contributed by atoms with Crippen molar-refractivity contribution in [2.75, 3.05) is 4.90 Å². The summed E-state index contributed by atoms with van der Waals surface area (Å²) in [5.74, 6) is 0. The highest BCUT2D eigenvalue weighted by molar-refractivity contribution is 6.18. The second-order valence-corrected chi connectivity index (χ2v) is 10.1. The van der Waals surface area contributed by atoms with Crippen LogP contribution in [0.2, 0.25) is 0 Å². The Morgan fingerprint density at radius 1 is 0.463 bits per heavy atom. The predicted molar refractivity (Wildman–Crippen MR) is 174 cm³/mol. The Bertz CT molecular complexity index is 2060. The van der Waals surface area contributed by atoms with E-state index in [1.807, 2.05) is 36.4 Å². The monoisotopic (exact) mass is 522 g/mol. The molecule has 0 aromatic heterocycles. The third-order valence-corrected chi connectivity index (χ3v) is 7.63. The van der Waals surface area contributed by atoms with Crippen LogP contribution in [0.3, 0.4) is 0 Å². The van der Waals surface area contributed by atoms with Gasteiger partial charge in [-0.05, 0) is 69.1 Å². The molecule has 0 saturated heterocycles. The molecule has 0 spiro atoms. The van der Waals surface area contributed by atoms with E-state index in [4.69, 9.17) is 0 Å². The number of fused-ring (bicyclic) bond motifs is 4. The number of anilines is 3. The third kappa shape index (κ3) is 4.50.